The third-order valence-corrected chi connectivity index (χ3v) is 9.39. The van der Waals surface area contributed by atoms with E-state index >= 15 is 0 Å². The van der Waals surface area contributed by atoms with Gasteiger partial charge in [0, 0.05) is 36.1 Å². The fraction of sp³-hybridized carbons (Fsp3) is 0.440. The second kappa shape index (κ2) is 25.3. The minimum absolute atomic E-state index is 0.122. The Labute approximate surface area is 341 Å². The van der Waals surface area contributed by atoms with Crippen LogP contribution in [-0.4, -0.2) is 12.0 Å². The van der Waals surface area contributed by atoms with Crippen LogP contribution in [0.25, 0.3) is 17.2 Å². The number of nitrogens with one attached hydrogen (secondary N) is 4. The molecule has 56 heavy (non-hydrogen) atoms. The molecule has 4 aromatic rings. The number of aryl methyl sites for hydroxylation is 1. The lowest BCUT2D eigenvalue weighted by atomic mass is 9.89. The zero-order chi connectivity index (χ0) is 41.6. The van der Waals surface area contributed by atoms with Crippen LogP contribution in [0.2, 0.25) is 0 Å². The summed E-state index contributed by atoms with van der Waals surface area (Å²) in [5, 5.41) is 23.9. The quantitative estimate of drug-likeness (QED) is 0.0952. The molecule has 2 aliphatic rings. The molecular weight excluding hydrogens is 685 g/mol. The lowest BCUT2D eigenvalue weighted by Crippen LogP contribution is -2.28. The van der Waals surface area contributed by atoms with Gasteiger partial charge in [0.1, 0.15) is 6.17 Å². The summed E-state index contributed by atoms with van der Waals surface area (Å²) in [6.07, 6.45) is 14.4. The first kappa shape index (κ1) is 47.3. The minimum atomic E-state index is -0.122. The van der Waals surface area contributed by atoms with Crippen LogP contribution in [0.1, 0.15) is 157 Å². The summed E-state index contributed by atoms with van der Waals surface area (Å²) >= 11 is 0. The summed E-state index contributed by atoms with van der Waals surface area (Å²) in [6, 6.07) is 22.0. The number of pyridine rings is 1. The largest absolute Gasteiger partial charge is 0.378 e. The van der Waals surface area contributed by atoms with Crippen LogP contribution in [0.3, 0.4) is 0 Å². The van der Waals surface area contributed by atoms with E-state index in [4.69, 9.17) is 4.98 Å². The first-order chi connectivity index (χ1) is 27.1. The number of hydrogen-bond donors (Lipinski definition) is 4. The average molecular weight is 757 g/mol. The highest BCUT2D eigenvalue weighted by atomic mass is 15.1. The molecular formula is C50H72N6. The van der Waals surface area contributed by atoms with Gasteiger partial charge >= 0.3 is 0 Å². The maximum absolute atomic E-state index is 9.79. The SMILES string of the molecule is C=C(C)C.CC.CCC.CCCCCC.CCc1cc(C#N)c2c(c1)NC(c1cccc(-c3cccc(NC4NC=Cc5cc(CNC)cnc54)c3C)c1C)C2. The smallest absolute Gasteiger partial charge is 0.141 e. The van der Waals surface area contributed by atoms with E-state index in [0.29, 0.717) is 0 Å². The van der Waals surface area contributed by atoms with E-state index in [2.05, 4.69) is 137 Å². The van der Waals surface area contributed by atoms with E-state index in [1.807, 2.05) is 53.2 Å². The zero-order valence-corrected chi connectivity index (χ0v) is 36.8. The first-order valence-electron chi connectivity index (χ1n) is 21.0. The van der Waals surface area contributed by atoms with Crippen LogP contribution in [0.4, 0.5) is 11.4 Å². The fourth-order valence-electron chi connectivity index (χ4n) is 6.71. The molecule has 0 fully saturated rings. The van der Waals surface area contributed by atoms with E-state index in [1.165, 1.54) is 76.6 Å². The Hall–Kier alpha value is -4.86. The molecule has 0 saturated heterocycles. The number of aromatic nitrogens is 1. The third-order valence-electron chi connectivity index (χ3n) is 9.39. The molecule has 0 amide bonds. The third kappa shape index (κ3) is 13.4. The lowest BCUT2D eigenvalue weighted by molar-refractivity contribution is 0.667. The summed E-state index contributed by atoms with van der Waals surface area (Å²) in [5.74, 6) is 0. The second-order valence-corrected chi connectivity index (χ2v) is 14.6. The molecule has 2 aliphatic heterocycles. The van der Waals surface area contributed by atoms with Crippen molar-refractivity contribution < 1.29 is 0 Å². The van der Waals surface area contributed by atoms with E-state index in [1.54, 1.807) is 0 Å². The number of fused-ring (bicyclic) bond motifs is 2. The maximum Gasteiger partial charge on any atom is 0.141 e. The Balaban J connectivity index is 0.000000623. The van der Waals surface area contributed by atoms with Gasteiger partial charge in [-0.1, -0.05) is 116 Å². The van der Waals surface area contributed by atoms with Gasteiger partial charge in [-0.25, -0.2) is 0 Å². The number of rotatable bonds is 10. The van der Waals surface area contributed by atoms with Crippen molar-refractivity contribution in [2.45, 2.75) is 140 Å². The molecule has 302 valence electrons. The molecule has 1 aromatic heterocycles. The van der Waals surface area contributed by atoms with E-state index in [-0.39, 0.29) is 12.2 Å². The van der Waals surface area contributed by atoms with Crippen molar-refractivity contribution in [2.24, 2.45) is 0 Å². The van der Waals surface area contributed by atoms with Gasteiger partial charge < -0.3 is 21.3 Å². The molecule has 0 spiro atoms. The van der Waals surface area contributed by atoms with E-state index in [9.17, 15) is 5.26 Å². The molecule has 6 rings (SSSR count). The molecule has 2 atom stereocenters. The molecule has 0 radical (unpaired) electrons. The summed E-state index contributed by atoms with van der Waals surface area (Å²) in [4.78, 5) is 4.79. The van der Waals surface area contributed by atoms with Crippen LogP contribution in [0, 0.1) is 25.2 Å². The molecule has 6 heteroatoms. The molecule has 6 nitrogen and oxygen atoms in total. The lowest BCUT2D eigenvalue weighted by Gasteiger charge is -2.26. The molecule has 0 saturated carbocycles. The second-order valence-electron chi connectivity index (χ2n) is 14.6. The van der Waals surface area contributed by atoms with Gasteiger partial charge in [0.2, 0.25) is 0 Å². The normalized spacial score (nSPS) is 14.1. The highest BCUT2D eigenvalue weighted by Crippen LogP contribution is 2.41. The van der Waals surface area contributed by atoms with Crippen molar-refractivity contribution in [1.29, 1.82) is 5.26 Å². The van der Waals surface area contributed by atoms with Gasteiger partial charge in [-0.2, -0.15) is 5.26 Å². The molecule has 4 N–H and O–H groups in total. The van der Waals surface area contributed by atoms with Crippen molar-refractivity contribution in [3.63, 3.8) is 0 Å². The number of anilines is 2. The monoisotopic (exact) mass is 757 g/mol. The van der Waals surface area contributed by atoms with Crippen molar-refractivity contribution in [1.82, 2.24) is 15.6 Å². The van der Waals surface area contributed by atoms with Crippen molar-refractivity contribution >= 4 is 17.5 Å². The molecule has 0 aliphatic carbocycles. The molecule has 3 heterocycles. The summed E-state index contributed by atoms with van der Waals surface area (Å²) < 4.78 is 0. The zero-order valence-electron chi connectivity index (χ0n) is 36.8. The van der Waals surface area contributed by atoms with E-state index < -0.39 is 0 Å². The number of nitriles is 1. The average Bonchev–Trinajstić information content (AvgIpc) is 3.63. The van der Waals surface area contributed by atoms with Gasteiger partial charge in [-0.15, -0.1) is 6.58 Å². The predicted octanol–water partition coefficient (Wildman–Crippen LogP) is 13.5. The Morgan fingerprint density at radius 3 is 2.12 bits per heavy atom. The Morgan fingerprint density at radius 2 is 1.54 bits per heavy atom. The number of nitrogens with zero attached hydrogens (tertiary/aromatic N) is 2. The topological polar surface area (TPSA) is 84.8 Å². The van der Waals surface area contributed by atoms with Crippen LogP contribution >= 0.6 is 0 Å². The Bertz CT molecular complexity index is 1870. The van der Waals surface area contributed by atoms with Crippen LogP contribution in [-0.2, 0) is 19.4 Å². The molecule has 0 bridgehead atoms. The number of benzene rings is 3. The number of allylic oxidation sites excluding steroid dienone is 1. The van der Waals surface area contributed by atoms with Gasteiger partial charge in [0.25, 0.3) is 0 Å². The highest BCUT2D eigenvalue weighted by molar-refractivity contribution is 5.78. The molecule has 2 unspecified atom stereocenters. The summed E-state index contributed by atoms with van der Waals surface area (Å²) in [5.41, 5.74) is 15.9. The highest BCUT2D eigenvalue weighted by Gasteiger charge is 2.27. The van der Waals surface area contributed by atoms with Crippen LogP contribution in [0.5, 0.6) is 0 Å². The first-order valence-corrected chi connectivity index (χ1v) is 21.0. The minimum Gasteiger partial charge on any atom is -0.378 e. The van der Waals surface area contributed by atoms with Gasteiger partial charge in [0.05, 0.1) is 23.4 Å². The standard InChI is InChI=1S/C35H36N6.C6H14.C4H8.C3H8.C2H6/c1-5-23-14-26(18-36)30-17-33(40-32(30)16-23)29-10-6-8-27(21(29)2)28-9-7-11-31(22(28)3)41-35-34-25(12-13-38-35)15-24(19-37-4)20-39-34;1-3-5-6-4-2;1-4(2)3;1-3-2;1-2/h6-16,20,33,35,37-38,40-41H,5,17,19H2,1-4H3;3-6H2,1-2H3;1H2,2-3H3;3H2,1-2H3;1-2H3. The summed E-state index contributed by atoms with van der Waals surface area (Å²) in [6.45, 7) is 27.5. The van der Waals surface area contributed by atoms with Crippen molar-refractivity contribution in [3.05, 3.63) is 129 Å². The van der Waals surface area contributed by atoms with Crippen LogP contribution < -0.4 is 21.3 Å². The van der Waals surface area contributed by atoms with Crippen molar-refractivity contribution in [2.75, 3.05) is 17.7 Å². The van der Waals surface area contributed by atoms with Gasteiger partial charge in [0.15, 0.2) is 0 Å². The Morgan fingerprint density at radius 1 is 0.911 bits per heavy atom. The van der Waals surface area contributed by atoms with Gasteiger partial charge in [-0.3, -0.25) is 4.98 Å². The van der Waals surface area contributed by atoms with Crippen molar-refractivity contribution in [3.8, 4) is 17.2 Å². The van der Waals surface area contributed by atoms with E-state index in [0.717, 1.165) is 53.1 Å². The van der Waals surface area contributed by atoms with Crippen LogP contribution in [0.15, 0.2) is 79.1 Å². The maximum atomic E-state index is 9.79. The summed E-state index contributed by atoms with van der Waals surface area (Å²) in [7, 11) is 1.95. The fourth-order valence-corrected chi connectivity index (χ4v) is 6.71. The van der Waals surface area contributed by atoms with Gasteiger partial charge in [-0.05, 0) is 122 Å². The molecule has 3 aromatic carbocycles. The number of hydrogen-bond acceptors (Lipinski definition) is 6. The Kier molecular flexibility index (Phi) is 21.4. The predicted molar refractivity (Wildman–Crippen MR) is 245 cm³/mol. The number of unbranched alkanes of at least 4 members (excludes halogenated alkanes) is 3.